The van der Waals surface area contributed by atoms with Gasteiger partial charge in [0.05, 0.1) is 26.1 Å². The summed E-state index contributed by atoms with van der Waals surface area (Å²) in [6, 6.07) is 19.8. The zero-order valence-corrected chi connectivity index (χ0v) is 20.2. The van der Waals surface area contributed by atoms with E-state index in [2.05, 4.69) is 9.97 Å². The quantitative estimate of drug-likeness (QED) is 0.394. The maximum absolute atomic E-state index is 13.2. The summed E-state index contributed by atoms with van der Waals surface area (Å²) in [6.45, 7) is 5.01. The van der Waals surface area contributed by atoms with Crippen molar-refractivity contribution in [3.05, 3.63) is 94.8 Å². The summed E-state index contributed by atoms with van der Waals surface area (Å²) in [4.78, 5) is 22.1. The van der Waals surface area contributed by atoms with Crippen LogP contribution in [0.4, 0.5) is 0 Å². The molecule has 2 aromatic heterocycles. The summed E-state index contributed by atoms with van der Waals surface area (Å²) in [5.74, 6) is -0.763. The van der Waals surface area contributed by atoms with Gasteiger partial charge in [-0.15, -0.1) is 0 Å². The normalized spacial score (nSPS) is 24.8. The van der Waals surface area contributed by atoms with E-state index in [1.165, 1.54) is 0 Å². The van der Waals surface area contributed by atoms with E-state index in [1.54, 1.807) is 21.8 Å². The standard InChI is InChI=1S/C27H28N4O5/c1-27(2)35-22-20(15-33-14-19-11-7-4-8-12-19)34-26(23(22)36-27)31-17-28-21-24(31)29-16-30(25(21)32)13-18-9-5-3-6-10-18/h3-12,16-17,20,22-23,26H,13-15H2,1-2H3/t20-,22-,23-,26-/m1/s1. The highest BCUT2D eigenvalue weighted by Crippen LogP contribution is 2.43. The summed E-state index contributed by atoms with van der Waals surface area (Å²) >= 11 is 0. The van der Waals surface area contributed by atoms with E-state index in [4.69, 9.17) is 18.9 Å². The van der Waals surface area contributed by atoms with E-state index < -0.39 is 18.1 Å². The number of hydrogen-bond donors (Lipinski definition) is 0. The number of benzene rings is 2. The van der Waals surface area contributed by atoms with Crippen LogP contribution in [0.2, 0.25) is 0 Å². The molecule has 0 amide bonds. The second kappa shape index (κ2) is 9.25. The summed E-state index contributed by atoms with van der Waals surface area (Å²) in [6.07, 6.45) is 1.53. The molecule has 0 spiro atoms. The van der Waals surface area contributed by atoms with Gasteiger partial charge in [-0.3, -0.25) is 13.9 Å². The van der Waals surface area contributed by atoms with Crippen LogP contribution in [-0.2, 0) is 32.1 Å². The first kappa shape index (κ1) is 23.1. The Bertz CT molecular complexity index is 1400. The maximum atomic E-state index is 13.2. The Balaban J connectivity index is 1.25. The molecule has 2 fully saturated rings. The Labute approximate surface area is 208 Å². The second-order valence-corrected chi connectivity index (χ2v) is 9.62. The molecular formula is C27H28N4O5. The molecule has 0 unspecified atom stereocenters. The van der Waals surface area contributed by atoms with Crippen LogP contribution in [0.15, 0.2) is 78.1 Å². The van der Waals surface area contributed by atoms with Crippen LogP contribution >= 0.6 is 0 Å². The molecular weight excluding hydrogens is 460 g/mol. The molecule has 0 N–H and O–H groups in total. The minimum absolute atomic E-state index is 0.205. The summed E-state index contributed by atoms with van der Waals surface area (Å²) in [5.41, 5.74) is 2.63. The molecule has 2 aliphatic heterocycles. The van der Waals surface area contributed by atoms with Crippen molar-refractivity contribution in [2.75, 3.05) is 6.61 Å². The van der Waals surface area contributed by atoms with Gasteiger partial charge in [0.25, 0.3) is 5.56 Å². The SMILES string of the molecule is CC1(C)O[C@@H]2[C@H](O1)[C@@H](COCc1ccccc1)O[C@H]2n1cnc2c(=O)n(Cc3ccccc3)cnc21. The fourth-order valence-electron chi connectivity index (χ4n) is 4.91. The molecule has 0 radical (unpaired) electrons. The molecule has 0 aliphatic carbocycles. The highest BCUT2D eigenvalue weighted by Gasteiger charge is 2.56. The van der Waals surface area contributed by atoms with Crippen molar-refractivity contribution in [1.82, 2.24) is 19.1 Å². The topological polar surface area (TPSA) is 89.6 Å². The lowest BCUT2D eigenvalue weighted by molar-refractivity contribution is -0.202. The highest BCUT2D eigenvalue weighted by atomic mass is 16.8. The monoisotopic (exact) mass is 488 g/mol. The average Bonchev–Trinajstić information content (AvgIpc) is 3.54. The summed E-state index contributed by atoms with van der Waals surface area (Å²) in [7, 11) is 0. The lowest BCUT2D eigenvalue weighted by Crippen LogP contribution is -2.32. The lowest BCUT2D eigenvalue weighted by Gasteiger charge is -2.24. The fraction of sp³-hybridized carbons (Fsp3) is 0.370. The van der Waals surface area contributed by atoms with Crippen molar-refractivity contribution in [3.8, 4) is 0 Å². The van der Waals surface area contributed by atoms with Crippen LogP contribution < -0.4 is 5.56 Å². The molecule has 2 saturated heterocycles. The molecule has 4 aromatic rings. The number of fused-ring (bicyclic) bond motifs is 2. The van der Waals surface area contributed by atoms with Crippen molar-refractivity contribution in [3.63, 3.8) is 0 Å². The predicted molar refractivity (Wildman–Crippen MR) is 131 cm³/mol. The minimum Gasteiger partial charge on any atom is -0.374 e. The molecule has 36 heavy (non-hydrogen) atoms. The van der Waals surface area contributed by atoms with Gasteiger partial charge in [-0.2, -0.15) is 0 Å². The Morgan fingerprint density at radius 2 is 1.61 bits per heavy atom. The van der Waals surface area contributed by atoms with E-state index >= 15 is 0 Å². The number of hydrogen-bond acceptors (Lipinski definition) is 7. The van der Waals surface area contributed by atoms with Gasteiger partial charge >= 0.3 is 0 Å². The van der Waals surface area contributed by atoms with Crippen molar-refractivity contribution in [1.29, 1.82) is 0 Å². The number of aromatic nitrogens is 4. The third-order valence-corrected chi connectivity index (χ3v) is 6.54. The van der Waals surface area contributed by atoms with Crippen molar-refractivity contribution >= 4 is 11.2 Å². The fourth-order valence-corrected chi connectivity index (χ4v) is 4.91. The lowest BCUT2D eigenvalue weighted by atomic mass is 10.1. The number of nitrogens with zero attached hydrogens (tertiary/aromatic N) is 4. The maximum Gasteiger partial charge on any atom is 0.281 e. The van der Waals surface area contributed by atoms with E-state index in [0.717, 1.165) is 11.1 Å². The average molecular weight is 489 g/mol. The van der Waals surface area contributed by atoms with E-state index in [-0.39, 0.29) is 23.3 Å². The Morgan fingerprint density at radius 3 is 2.36 bits per heavy atom. The largest absolute Gasteiger partial charge is 0.374 e. The van der Waals surface area contributed by atoms with E-state index in [9.17, 15) is 4.79 Å². The van der Waals surface area contributed by atoms with E-state index in [1.807, 2.05) is 74.5 Å². The van der Waals surface area contributed by atoms with Gasteiger partial charge < -0.3 is 18.9 Å². The van der Waals surface area contributed by atoms with Gasteiger partial charge in [-0.25, -0.2) is 9.97 Å². The zero-order chi connectivity index (χ0) is 24.7. The molecule has 0 bridgehead atoms. The van der Waals surface area contributed by atoms with Gasteiger partial charge in [-0.05, 0) is 25.0 Å². The van der Waals surface area contributed by atoms with Gasteiger partial charge in [-0.1, -0.05) is 60.7 Å². The smallest absolute Gasteiger partial charge is 0.281 e. The zero-order valence-electron chi connectivity index (χ0n) is 20.2. The predicted octanol–water partition coefficient (Wildman–Crippen LogP) is 3.28. The third-order valence-electron chi connectivity index (χ3n) is 6.54. The second-order valence-electron chi connectivity index (χ2n) is 9.62. The van der Waals surface area contributed by atoms with Crippen LogP contribution in [0.3, 0.4) is 0 Å². The van der Waals surface area contributed by atoms with Gasteiger partial charge in [0.15, 0.2) is 23.2 Å². The van der Waals surface area contributed by atoms with Crippen molar-refractivity contribution in [2.24, 2.45) is 0 Å². The van der Waals surface area contributed by atoms with E-state index in [0.29, 0.717) is 25.4 Å². The minimum atomic E-state index is -0.763. The molecule has 9 heteroatoms. The molecule has 186 valence electrons. The molecule has 6 rings (SSSR count). The summed E-state index contributed by atoms with van der Waals surface area (Å²) in [5, 5.41) is 0. The Morgan fingerprint density at radius 1 is 0.917 bits per heavy atom. The van der Waals surface area contributed by atoms with Gasteiger partial charge in [0, 0.05) is 0 Å². The first-order valence-electron chi connectivity index (χ1n) is 12.1. The van der Waals surface area contributed by atoms with Crippen LogP contribution in [0.25, 0.3) is 11.2 Å². The highest BCUT2D eigenvalue weighted by molar-refractivity contribution is 5.69. The summed E-state index contributed by atoms with van der Waals surface area (Å²) < 4.78 is 28.1. The van der Waals surface area contributed by atoms with Crippen LogP contribution in [0.5, 0.6) is 0 Å². The van der Waals surface area contributed by atoms with Gasteiger partial charge in [0.1, 0.15) is 24.6 Å². The molecule has 4 atom stereocenters. The van der Waals surface area contributed by atoms with Crippen molar-refractivity contribution in [2.45, 2.75) is 57.3 Å². The number of ether oxygens (including phenoxy) is 4. The van der Waals surface area contributed by atoms with Crippen molar-refractivity contribution < 1.29 is 18.9 Å². The Kier molecular flexibility index (Phi) is 5.93. The molecule has 4 heterocycles. The molecule has 9 nitrogen and oxygen atoms in total. The number of imidazole rings is 1. The van der Waals surface area contributed by atoms with Crippen LogP contribution in [-0.4, -0.2) is 49.8 Å². The number of rotatable bonds is 7. The third kappa shape index (κ3) is 4.35. The first-order chi connectivity index (χ1) is 17.5. The van der Waals surface area contributed by atoms with Crippen LogP contribution in [0.1, 0.15) is 31.2 Å². The molecule has 2 aliphatic rings. The first-order valence-corrected chi connectivity index (χ1v) is 12.1. The van der Waals surface area contributed by atoms with Crippen LogP contribution in [0, 0.1) is 0 Å². The molecule has 0 saturated carbocycles. The van der Waals surface area contributed by atoms with Gasteiger partial charge in [0.2, 0.25) is 0 Å². The Hall–Kier alpha value is -3.37. The molecule has 2 aromatic carbocycles.